The topological polar surface area (TPSA) is 117 Å². The van der Waals surface area contributed by atoms with Crippen LogP contribution >= 0.6 is 11.3 Å². The van der Waals surface area contributed by atoms with Crippen LogP contribution in [0.15, 0.2) is 17.6 Å². The highest BCUT2D eigenvalue weighted by Gasteiger charge is 2.28. The summed E-state index contributed by atoms with van der Waals surface area (Å²) in [5, 5.41) is 27.6. The van der Waals surface area contributed by atoms with E-state index in [2.05, 4.69) is 15.6 Å². The van der Waals surface area contributed by atoms with Crippen LogP contribution in [-0.2, 0) is 0 Å². The number of amides is 1. The van der Waals surface area contributed by atoms with Gasteiger partial charge in [0.2, 0.25) is 0 Å². The van der Waals surface area contributed by atoms with E-state index in [1.165, 1.54) is 17.5 Å². The predicted molar refractivity (Wildman–Crippen MR) is 98.4 cm³/mol. The Morgan fingerprint density at radius 3 is 2.80 bits per heavy atom. The molecule has 0 spiro atoms. The number of thiophene rings is 1. The molecule has 3 N–H and O–H groups in total. The average molecular weight is 366 g/mol. The first-order valence-electron chi connectivity index (χ1n) is 7.94. The highest BCUT2D eigenvalue weighted by molar-refractivity contribution is 7.17. The van der Waals surface area contributed by atoms with Gasteiger partial charge in [-0.15, -0.1) is 11.3 Å². The summed E-state index contributed by atoms with van der Waals surface area (Å²) in [5.74, 6) is 0. The summed E-state index contributed by atoms with van der Waals surface area (Å²) in [6.45, 7) is 6.49. The third-order valence-corrected chi connectivity index (χ3v) is 4.88. The molecule has 9 heteroatoms. The maximum Gasteiger partial charge on any atom is 0.404 e. The van der Waals surface area contributed by atoms with E-state index < -0.39 is 11.0 Å². The second-order valence-corrected chi connectivity index (χ2v) is 7.76. The number of anilines is 1. The molecule has 2 aromatic heterocycles. The van der Waals surface area contributed by atoms with Gasteiger partial charge in [-0.1, -0.05) is 20.8 Å². The number of nitrogens with zero attached hydrogens (tertiary/aromatic N) is 2. The summed E-state index contributed by atoms with van der Waals surface area (Å²) in [4.78, 5) is 25.7. The van der Waals surface area contributed by atoms with Gasteiger partial charge < -0.3 is 15.7 Å². The number of carboxylic acid groups (broad SMARTS) is 1. The molecule has 2 heterocycles. The monoisotopic (exact) mass is 366 g/mol. The summed E-state index contributed by atoms with van der Waals surface area (Å²) in [6, 6.07) is 1.77. The Balaban J connectivity index is 2.27. The van der Waals surface area contributed by atoms with Crippen molar-refractivity contribution < 1.29 is 14.8 Å². The van der Waals surface area contributed by atoms with E-state index in [1.54, 1.807) is 0 Å². The van der Waals surface area contributed by atoms with Gasteiger partial charge in [0.05, 0.1) is 15.1 Å². The van der Waals surface area contributed by atoms with Crippen molar-refractivity contribution in [2.75, 3.05) is 11.9 Å². The Kier molecular flexibility index (Phi) is 5.78. The molecule has 136 valence electrons. The number of nitrogens with one attached hydrogen (secondary N) is 2. The lowest BCUT2D eigenvalue weighted by molar-refractivity contribution is -0.384. The van der Waals surface area contributed by atoms with Crippen molar-refractivity contribution in [3.63, 3.8) is 0 Å². The van der Waals surface area contributed by atoms with Crippen LogP contribution in [0, 0.1) is 15.5 Å². The maximum absolute atomic E-state index is 11.4. The molecule has 8 nitrogen and oxygen atoms in total. The van der Waals surface area contributed by atoms with Crippen LogP contribution in [0.2, 0.25) is 0 Å². The molecular formula is C16H22N4O4S. The number of rotatable bonds is 7. The minimum Gasteiger partial charge on any atom is -0.465 e. The lowest BCUT2D eigenvalue weighted by Crippen LogP contribution is -2.35. The molecule has 0 aliphatic carbocycles. The second-order valence-electron chi connectivity index (χ2n) is 6.85. The number of nitro groups is 1. The Labute approximate surface area is 149 Å². The minimum absolute atomic E-state index is 0.0483. The van der Waals surface area contributed by atoms with Gasteiger partial charge in [-0.25, -0.2) is 9.78 Å². The zero-order valence-corrected chi connectivity index (χ0v) is 15.2. The van der Waals surface area contributed by atoms with Crippen molar-refractivity contribution in [3.05, 3.63) is 27.8 Å². The van der Waals surface area contributed by atoms with Gasteiger partial charge in [-0.05, 0) is 29.7 Å². The number of carbonyl (C=O) groups is 1. The highest BCUT2D eigenvalue weighted by atomic mass is 32.1. The Morgan fingerprint density at radius 2 is 2.20 bits per heavy atom. The van der Waals surface area contributed by atoms with Crippen LogP contribution in [0.5, 0.6) is 0 Å². The molecule has 1 unspecified atom stereocenters. The van der Waals surface area contributed by atoms with E-state index in [4.69, 9.17) is 5.11 Å². The number of fused-ring (bicyclic) bond motifs is 1. The van der Waals surface area contributed by atoms with Crippen LogP contribution in [0.1, 0.15) is 33.6 Å². The molecule has 2 aromatic rings. The minimum atomic E-state index is -1.05. The Bertz CT molecular complexity index is 769. The van der Waals surface area contributed by atoms with Crippen molar-refractivity contribution in [1.82, 2.24) is 10.3 Å². The maximum atomic E-state index is 11.4. The molecule has 0 saturated heterocycles. The van der Waals surface area contributed by atoms with E-state index >= 15 is 0 Å². The third-order valence-electron chi connectivity index (χ3n) is 3.96. The van der Waals surface area contributed by atoms with E-state index in [0.29, 0.717) is 25.1 Å². The van der Waals surface area contributed by atoms with Gasteiger partial charge in [0, 0.05) is 12.6 Å². The fourth-order valence-corrected chi connectivity index (χ4v) is 3.43. The molecule has 0 saturated carbocycles. The van der Waals surface area contributed by atoms with Gasteiger partial charge in [0.15, 0.2) is 0 Å². The summed E-state index contributed by atoms with van der Waals surface area (Å²) in [7, 11) is 0. The normalized spacial score (nSPS) is 12.8. The number of pyridine rings is 1. The predicted octanol–water partition coefficient (Wildman–Crippen LogP) is 4.08. The first-order chi connectivity index (χ1) is 11.7. The fourth-order valence-electron chi connectivity index (χ4n) is 2.58. The summed E-state index contributed by atoms with van der Waals surface area (Å²) in [6.07, 6.45) is 1.54. The average Bonchev–Trinajstić information content (AvgIpc) is 2.97. The lowest BCUT2D eigenvalue weighted by Gasteiger charge is -2.32. The van der Waals surface area contributed by atoms with Crippen LogP contribution < -0.4 is 10.6 Å². The van der Waals surface area contributed by atoms with Crippen molar-refractivity contribution >= 4 is 39.0 Å². The first kappa shape index (κ1) is 18.9. The van der Waals surface area contributed by atoms with Crippen LogP contribution in [-0.4, -0.2) is 33.7 Å². The van der Waals surface area contributed by atoms with Crippen molar-refractivity contribution in [1.29, 1.82) is 0 Å². The zero-order chi connectivity index (χ0) is 18.6. The molecule has 0 aromatic carbocycles. The van der Waals surface area contributed by atoms with Gasteiger partial charge in [0.25, 0.3) is 0 Å². The van der Waals surface area contributed by atoms with Crippen molar-refractivity contribution in [2.45, 2.75) is 39.7 Å². The quantitative estimate of drug-likeness (QED) is 0.386. The molecule has 25 heavy (non-hydrogen) atoms. The zero-order valence-electron chi connectivity index (χ0n) is 14.4. The molecule has 1 amide bonds. The number of hydrogen-bond acceptors (Lipinski definition) is 6. The fraction of sp³-hybridized carbons (Fsp3) is 0.500. The van der Waals surface area contributed by atoms with Crippen molar-refractivity contribution in [2.24, 2.45) is 5.41 Å². The van der Waals surface area contributed by atoms with E-state index in [0.717, 1.165) is 10.2 Å². The molecule has 0 aliphatic heterocycles. The Hall–Kier alpha value is -2.42. The first-order valence-corrected chi connectivity index (χ1v) is 8.82. The third kappa shape index (κ3) is 4.79. The Morgan fingerprint density at radius 1 is 1.48 bits per heavy atom. The highest BCUT2D eigenvalue weighted by Crippen LogP contribution is 2.37. The summed E-state index contributed by atoms with van der Waals surface area (Å²) >= 11 is 1.41. The number of hydrogen-bond donors (Lipinski definition) is 3. The smallest absolute Gasteiger partial charge is 0.404 e. The van der Waals surface area contributed by atoms with Crippen LogP contribution in [0.3, 0.4) is 0 Å². The van der Waals surface area contributed by atoms with E-state index in [1.807, 2.05) is 32.2 Å². The number of aromatic nitrogens is 1. The van der Waals surface area contributed by atoms with Crippen LogP contribution in [0.4, 0.5) is 16.2 Å². The largest absolute Gasteiger partial charge is 0.465 e. The molecule has 0 fully saturated rings. The van der Waals surface area contributed by atoms with Crippen molar-refractivity contribution in [3.8, 4) is 0 Å². The standard InChI is InChI=1S/C16H22N4O4S/c1-16(2,3)12(5-4-7-17-15(21)22)19-13-11(20(23)24)9-18-10-6-8-25-14(10)13/h6,8-9,12,17H,4-5,7H2,1-3H3,(H,18,19)(H,21,22). The van der Waals surface area contributed by atoms with Gasteiger partial charge >= 0.3 is 11.8 Å². The van der Waals surface area contributed by atoms with Crippen LogP contribution in [0.25, 0.3) is 10.2 Å². The molecular weight excluding hydrogens is 344 g/mol. The SMILES string of the molecule is CC(C)(C)C(CCCNC(=O)O)Nc1c([N+](=O)[O-])cnc2ccsc12. The van der Waals surface area contributed by atoms with E-state index in [-0.39, 0.29) is 17.1 Å². The van der Waals surface area contributed by atoms with E-state index in [9.17, 15) is 14.9 Å². The summed E-state index contributed by atoms with van der Waals surface area (Å²) in [5.41, 5.74) is 0.992. The van der Waals surface area contributed by atoms with Gasteiger partial charge in [0.1, 0.15) is 11.9 Å². The molecule has 0 bridgehead atoms. The molecule has 0 aliphatic rings. The lowest BCUT2D eigenvalue weighted by atomic mass is 9.83. The summed E-state index contributed by atoms with van der Waals surface area (Å²) < 4.78 is 0.757. The van der Waals surface area contributed by atoms with Gasteiger partial charge in [-0.2, -0.15) is 0 Å². The van der Waals surface area contributed by atoms with Gasteiger partial charge in [-0.3, -0.25) is 10.1 Å². The molecule has 1 atom stereocenters. The molecule has 0 radical (unpaired) electrons. The molecule has 2 rings (SSSR count). The second kappa shape index (κ2) is 7.64.